The molecule has 4 rings (SSSR count). The number of sulfonamides is 1. The lowest BCUT2D eigenvalue weighted by Gasteiger charge is -2.35. The lowest BCUT2D eigenvalue weighted by atomic mass is 9.91. The van der Waals surface area contributed by atoms with Crippen LogP contribution in [0.2, 0.25) is 0 Å². The molecule has 1 N–H and O–H groups in total. The first-order valence-corrected chi connectivity index (χ1v) is 10.7. The summed E-state index contributed by atoms with van der Waals surface area (Å²) in [5, 5.41) is 3.31. The van der Waals surface area contributed by atoms with Gasteiger partial charge in [-0.05, 0) is 49.9 Å². The average Bonchev–Trinajstić information content (AvgIpc) is 3.34. The number of carbonyl (C=O) groups excluding carboxylic acids is 1. The number of nitrogens with one attached hydrogen (secondary N) is 1. The Bertz CT molecular complexity index is 854. The Morgan fingerprint density at radius 2 is 1.75 bits per heavy atom. The zero-order valence-electron chi connectivity index (χ0n) is 15.4. The number of piperidine rings is 1. The van der Waals surface area contributed by atoms with Crippen LogP contribution < -0.4 is 5.32 Å². The van der Waals surface area contributed by atoms with Crippen molar-refractivity contribution in [3.05, 3.63) is 29.8 Å². The maximum Gasteiger partial charge on any atom is 0.246 e. The summed E-state index contributed by atoms with van der Waals surface area (Å²) >= 11 is 0. The molecule has 1 aromatic carbocycles. The molecule has 1 unspecified atom stereocenters. The first-order valence-electron chi connectivity index (χ1n) is 9.28. The standard InChI is InChI=1S/C18H23F2N3O3S.ClH/c19-13-1-2-16(15(20)11-13)27(25,26)23-9-7-22(8-10-23)17(24)14-12-18(14)3-5-21-6-4-18;/h1-2,11,14,21H,3-10,12H2;1H. The highest BCUT2D eigenvalue weighted by molar-refractivity contribution is 7.89. The molecule has 2 aliphatic heterocycles. The topological polar surface area (TPSA) is 69.7 Å². The van der Waals surface area contributed by atoms with Gasteiger partial charge in [0.2, 0.25) is 15.9 Å². The first-order chi connectivity index (χ1) is 12.8. The normalized spacial score (nSPS) is 24.6. The predicted molar refractivity (Wildman–Crippen MR) is 102 cm³/mol. The van der Waals surface area contributed by atoms with E-state index in [1.807, 2.05) is 0 Å². The van der Waals surface area contributed by atoms with Crippen molar-refractivity contribution in [3.8, 4) is 0 Å². The summed E-state index contributed by atoms with van der Waals surface area (Å²) in [6.45, 7) is 2.72. The van der Waals surface area contributed by atoms with Gasteiger partial charge in [0.25, 0.3) is 0 Å². The second-order valence-corrected chi connectivity index (χ2v) is 9.58. The lowest BCUT2D eigenvalue weighted by molar-refractivity contribution is -0.134. The number of hydrogen-bond acceptors (Lipinski definition) is 4. The highest BCUT2D eigenvalue weighted by Crippen LogP contribution is 2.59. The van der Waals surface area contributed by atoms with Crippen LogP contribution in [0.15, 0.2) is 23.1 Å². The molecule has 2 heterocycles. The molecule has 3 fully saturated rings. The summed E-state index contributed by atoms with van der Waals surface area (Å²) in [7, 11) is -4.04. The Morgan fingerprint density at radius 3 is 2.36 bits per heavy atom. The Hall–Kier alpha value is -1.29. The van der Waals surface area contributed by atoms with E-state index in [1.165, 1.54) is 4.31 Å². The van der Waals surface area contributed by atoms with E-state index in [0.717, 1.165) is 44.5 Å². The van der Waals surface area contributed by atoms with Crippen molar-refractivity contribution in [2.24, 2.45) is 11.3 Å². The molecule has 6 nitrogen and oxygen atoms in total. The second-order valence-electron chi connectivity index (χ2n) is 7.67. The summed E-state index contributed by atoms with van der Waals surface area (Å²) in [5.74, 6) is -1.75. The highest BCUT2D eigenvalue weighted by Gasteiger charge is 2.58. The van der Waals surface area contributed by atoms with E-state index in [9.17, 15) is 22.0 Å². The van der Waals surface area contributed by atoms with Crippen molar-refractivity contribution in [3.63, 3.8) is 0 Å². The van der Waals surface area contributed by atoms with Crippen LogP contribution in [-0.4, -0.2) is 62.8 Å². The molecule has 1 spiro atoms. The highest BCUT2D eigenvalue weighted by atomic mass is 35.5. The average molecular weight is 436 g/mol. The molecule has 1 amide bonds. The van der Waals surface area contributed by atoms with Crippen LogP contribution in [0.25, 0.3) is 0 Å². The van der Waals surface area contributed by atoms with Gasteiger partial charge >= 0.3 is 0 Å². The van der Waals surface area contributed by atoms with E-state index in [1.54, 1.807) is 4.90 Å². The summed E-state index contributed by atoms with van der Waals surface area (Å²) in [6.07, 6.45) is 2.95. The van der Waals surface area contributed by atoms with Crippen molar-refractivity contribution >= 4 is 28.3 Å². The zero-order valence-corrected chi connectivity index (χ0v) is 17.0. The van der Waals surface area contributed by atoms with Crippen molar-refractivity contribution in [1.29, 1.82) is 0 Å². The van der Waals surface area contributed by atoms with E-state index in [2.05, 4.69) is 5.32 Å². The lowest BCUT2D eigenvalue weighted by Crippen LogP contribution is -2.51. The number of amides is 1. The third-order valence-electron chi connectivity index (χ3n) is 6.15. The van der Waals surface area contributed by atoms with Crippen molar-refractivity contribution in [1.82, 2.24) is 14.5 Å². The molecule has 1 aliphatic carbocycles. The number of piperazine rings is 1. The quantitative estimate of drug-likeness (QED) is 0.783. The van der Waals surface area contributed by atoms with Crippen LogP contribution in [-0.2, 0) is 14.8 Å². The van der Waals surface area contributed by atoms with E-state index in [-0.39, 0.29) is 42.7 Å². The Balaban J connectivity index is 0.00000225. The summed E-state index contributed by atoms with van der Waals surface area (Å²) in [4.78, 5) is 14.0. The van der Waals surface area contributed by atoms with Crippen LogP contribution in [0.3, 0.4) is 0 Å². The van der Waals surface area contributed by atoms with Gasteiger partial charge in [-0.15, -0.1) is 12.4 Å². The van der Waals surface area contributed by atoms with Gasteiger partial charge in [0.05, 0.1) is 0 Å². The smallest absolute Gasteiger partial charge is 0.246 e. The molecule has 3 aliphatic rings. The summed E-state index contributed by atoms with van der Waals surface area (Å²) in [5.41, 5.74) is 0.142. The molecule has 0 bridgehead atoms. The van der Waals surface area contributed by atoms with Gasteiger partial charge in [0, 0.05) is 38.2 Å². The molecule has 1 saturated carbocycles. The number of halogens is 3. The van der Waals surface area contributed by atoms with E-state index >= 15 is 0 Å². The third kappa shape index (κ3) is 3.77. The van der Waals surface area contributed by atoms with E-state index in [4.69, 9.17) is 0 Å². The van der Waals surface area contributed by atoms with Gasteiger partial charge in [0.15, 0.2) is 0 Å². The molecule has 156 valence electrons. The largest absolute Gasteiger partial charge is 0.340 e. The maximum absolute atomic E-state index is 13.9. The second kappa shape index (κ2) is 7.85. The summed E-state index contributed by atoms with van der Waals surface area (Å²) < 4.78 is 53.4. The Morgan fingerprint density at radius 1 is 1.11 bits per heavy atom. The fourth-order valence-corrected chi connectivity index (χ4v) is 5.83. The first kappa shape index (κ1) is 21.4. The van der Waals surface area contributed by atoms with Gasteiger partial charge in [-0.1, -0.05) is 0 Å². The van der Waals surface area contributed by atoms with Gasteiger partial charge < -0.3 is 10.2 Å². The number of nitrogens with zero attached hydrogens (tertiary/aromatic N) is 2. The van der Waals surface area contributed by atoms with Crippen LogP contribution in [0, 0.1) is 23.0 Å². The number of rotatable bonds is 3. The fraction of sp³-hybridized carbons (Fsp3) is 0.611. The van der Waals surface area contributed by atoms with Crippen LogP contribution >= 0.6 is 12.4 Å². The van der Waals surface area contributed by atoms with Gasteiger partial charge in [-0.2, -0.15) is 4.31 Å². The van der Waals surface area contributed by atoms with Gasteiger partial charge in [-0.3, -0.25) is 4.79 Å². The molecule has 1 aromatic rings. The predicted octanol–water partition coefficient (Wildman–Crippen LogP) is 1.61. The molecule has 28 heavy (non-hydrogen) atoms. The van der Waals surface area contributed by atoms with Crippen molar-refractivity contribution in [2.75, 3.05) is 39.3 Å². The number of benzene rings is 1. The van der Waals surface area contributed by atoms with Gasteiger partial charge in [0.1, 0.15) is 16.5 Å². The molecule has 1 atom stereocenters. The minimum absolute atomic E-state index is 0. The van der Waals surface area contributed by atoms with Crippen molar-refractivity contribution < 1.29 is 22.0 Å². The maximum atomic E-state index is 13.9. The van der Waals surface area contributed by atoms with Crippen LogP contribution in [0.4, 0.5) is 8.78 Å². The molecular formula is C18H24ClF2N3O3S. The van der Waals surface area contributed by atoms with Crippen LogP contribution in [0.1, 0.15) is 19.3 Å². The minimum atomic E-state index is -4.04. The van der Waals surface area contributed by atoms with Gasteiger partial charge in [-0.25, -0.2) is 17.2 Å². The molecule has 2 saturated heterocycles. The molecular weight excluding hydrogens is 412 g/mol. The fourth-order valence-electron chi connectivity index (χ4n) is 4.37. The molecule has 0 radical (unpaired) electrons. The Labute approximate surface area is 169 Å². The Kier molecular flexibility index (Phi) is 6.01. The zero-order chi connectivity index (χ0) is 19.2. The SMILES string of the molecule is Cl.O=C(C1CC12CCNCC2)N1CCN(S(=O)(=O)c2ccc(F)cc2F)CC1. The monoisotopic (exact) mass is 435 g/mol. The summed E-state index contributed by atoms with van der Waals surface area (Å²) in [6, 6.07) is 2.45. The third-order valence-corrected chi connectivity index (χ3v) is 8.08. The van der Waals surface area contributed by atoms with E-state index in [0.29, 0.717) is 19.2 Å². The molecule has 10 heteroatoms. The number of carbonyl (C=O) groups is 1. The van der Waals surface area contributed by atoms with Crippen LogP contribution in [0.5, 0.6) is 0 Å². The number of hydrogen-bond donors (Lipinski definition) is 1. The van der Waals surface area contributed by atoms with Crippen molar-refractivity contribution in [2.45, 2.75) is 24.2 Å². The van der Waals surface area contributed by atoms with E-state index < -0.39 is 26.6 Å². The minimum Gasteiger partial charge on any atom is -0.340 e. The molecule has 0 aromatic heterocycles.